The van der Waals surface area contributed by atoms with E-state index >= 15 is 0 Å². The Balaban J connectivity index is 2.54. The minimum absolute atomic E-state index is 0.194. The number of likely N-dealkylation sites (N-methyl/N-ethyl adjacent to an activating group) is 1. The van der Waals surface area contributed by atoms with Crippen LogP contribution in [-0.2, 0) is 0 Å². The molecule has 2 atom stereocenters. The maximum atomic E-state index is 6.01. The molecular weight excluding hydrogens is 216 g/mol. The highest BCUT2D eigenvalue weighted by Crippen LogP contribution is 2.29. The molecule has 2 N–H and O–H groups in total. The number of rotatable bonds is 6. The van der Waals surface area contributed by atoms with Crippen molar-refractivity contribution in [1.82, 2.24) is 4.90 Å². The summed E-state index contributed by atoms with van der Waals surface area (Å²) in [6, 6.07) is 0.741. The van der Waals surface area contributed by atoms with Crippen LogP contribution in [-0.4, -0.2) is 41.6 Å². The third-order valence-electron chi connectivity index (χ3n) is 4.00. The monoisotopic (exact) mass is 244 g/mol. The van der Waals surface area contributed by atoms with E-state index in [2.05, 4.69) is 44.5 Å². The molecule has 2 nitrogen and oxygen atoms in total. The molecule has 1 rings (SSSR count). The van der Waals surface area contributed by atoms with Crippen LogP contribution in [0.3, 0.4) is 0 Å². The third kappa shape index (κ3) is 3.64. The van der Waals surface area contributed by atoms with Crippen molar-refractivity contribution in [1.29, 1.82) is 0 Å². The van der Waals surface area contributed by atoms with Crippen LogP contribution < -0.4 is 5.73 Å². The van der Waals surface area contributed by atoms with Crippen molar-refractivity contribution in [3.05, 3.63) is 0 Å². The lowest BCUT2D eigenvalue weighted by atomic mass is 9.89. The summed E-state index contributed by atoms with van der Waals surface area (Å²) in [5.74, 6) is 3.38. The minimum atomic E-state index is 0.194. The van der Waals surface area contributed by atoms with Gasteiger partial charge in [0.25, 0.3) is 0 Å². The Morgan fingerprint density at radius 2 is 2.19 bits per heavy atom. The van der Waals surface area contributed by atoms with Crippen LogP contribution >= 0.6 is 11.8 Å². The second kappa shape index (κ2) is 6.27. The maximum Gasteiger partial charge on any atom is 0.0303 e. The molecule has 1 heterocycles. The van der Waals surface area contributed by atoms with Crippen LogP contribution in [0.2, 0.25) is 0 Å². The van der Waals surface area contributed by atoms with Gasteiger partial charge in [-0.2, -0.15) is 11.8 Å². The summed E-state index contributed by atoms with van der Waals surface area (Å²) in [6.07, 6.45) is 3.83. The molecular formula is C13H28N2S. The molecule has 0 radical (unpaired) electrons. The Morgan fingerprint density at radius 1 is 1.50 bits per heavy atom. The average molecular weight is 244 g/mol. The van der Waals surface area contributed by atoms with E-state index in [1.807, 2.05) is 0 Å². The quantitative estimate of drug-likeness (QED) is 0.779. The van der Waals surface area contributed by atoms with Crippen molar-refractivity contribution >= 4 is 11.8 Å². The van der Waals surface area contributed by atoms with Gasteiger partial charge in [-0.1, -0.05) is 13.8 Å². The SMILES string of the molecule is CC(C)CCC(C)(CN)N(C)C1CCSC1. The molecule has 0 aromatic carbocycles. The summed E-state index contributed by atoms with van der Waals surface area (Å²) in [4.78, 5) is 2.55. The summed E-state index contributed by atoms with van der Waals surface area (Å²) in [5, 5.41) is 0. The number of hydrogen-bond acceptors (Lipinski definition) is 3. The second-order valence-electron chi connectivity index (χ2n) is 5.76. The standard InChI is InChI=1S/C13H28N2S/c1-11(2)5-7-13(3,10-14)15(4)12-6-8-16-9-12/h11-12H,5-10,14H2,1-4H3. The first kappa shape index (κ1) is 14.3. The lowest BCUT2D eigenvalue weighted by molar-refractivity contribution is 0.0896. The number of nitrogens with two attached hydrogens (primary N) is 1. The van der Waals surface area contributed by atoms with E-state index in [1.165, 1.54) is 30.8 Å². The van der Waals surface area contributed by atoms with Gasteiger partial charge in [-0.15, -0.1) is 0 Å². The molecule has 3 heteroatoms. The topological polar surface area (TPSA) is 29.3 Å². The van der Waals surface area contributed by atoms with Crippen molar-refractivity contribution in [2.45, 2.75) is 51.6 Å². The lowest BCUT2D eigenvalue weighted by Gasteiger charge is -2.42. The van der Waals surface area contributed by atoms with Gasteiger partial charge in [0.15, 0.2) is 0 Å². The van der Waals surface area contributed by atoms with E-state index in [-0.39, 0.29) is 5.54 Å². The van der Waals surface area contributed by atoms with Gasteiger partial charge in [-0.25, -0.2) is 0 Å². The highest BCUT2D eigenvalue weighted by molar-refractivity contribution is 7.99. The Kier molecular flexibility index (Phi) is 5.62. The predicted octanol–water partition coefficient (Wildman–Crippen LogP) is 2.58. The van der Waals surface area contributed by atoms with Crippen molar-refractivity contribution in [3.8, 4) is 0 Å². The molecule has 0 aliphatic carbocycles. The first-order valence-electron chi connectivity index (χ1n) is 6.50. The first-order chi connectivity index (χ1) is 7.49. The number of nitrogens with zero attached hydrogens (tertiary/aromatic N) is 1. The Hall–Kier alpha value is 0.270. The van der Waals surface area contributed by atoms with E-state index < -0.39 is 0 Å². The van der Waals surface area contributed by atoms with Crippen LogP contribution in [0.15, 0.2) is 0 Å². The molecule has 1 aliphatic heterocycles. The zero-order chi connectivity index (χ0) is 12.2. The average Bonchev–Trinajstić information content (AvgIpc) is 2.78. The number of hydrogen-bond donors (Lipinski definition) is 1. The Bertz CT molecular complexity index is 202. The molecule has 16 heavy (non-hydrogen) atoms. The summed E-state index contributed by atoms with van der Waals surface area (Å²) in [5.41, 5.74) is 6.21. The van der Waals surface area contributed by atoms with E-state index in [0.29, 0.717) is 0 Å². The highest BCUT2D eigenvalue weighted by atomic mass is 32.2. The summed E-state index contributed by atoms with van der Waals surface area (Å²) < 4.78 is 0. The van der Waals surface area contributed by atoms with Crippen LogP contribution in [0.4, 0.5) is 0 Å². The summed E-state index contributed by atoms with van der Waals surface area (Å²) >= 11 is 2.08. The zero-order valence-corrected chi connectivity index (χ0v) is 12.1. The highest BCUT2D eigenvalue weighted by Gasteiger charge is 2.33. The third-order valence-corrected chi connectivity index (χ3v) is 5.15. The molecule has 0 amide bonds. The first-order valence-corrected chi connectivity index (χ1v) is 7.66. The van der Waals surface area contributed by atoms with E-state index in [4.69, 9.17) is 5.73 Å². The van der Waals surface area contributed by atoms with Gasteiger partial charge in [-0.05, 0) is 44.9 Å². The van der Waals surface area contributed by atoms with Gasteiger partial charge in [0.05, 0.1) is 0 Å². The molecule has 0 spiro atoms. The predicted molar refractivity (Wildman–Crippen MR) is 75.0 cm³/mol. The van der Waals surface area contributed by atoms with Crippen LogP contribution in [0.1, 0.15) is 40.0 Å². The normalized spacial score (nSPS) is 25.3. The molecule has 96 valence electrons. The van der Waals surface area contributed by atoms with Crippen LogP contribution in [0.25, 0.3) is 0 Å². The minimum Gasteiger partial charge on any atom is -0.329 e. The van der Waals surface area contributed by atoms with E-state index in [1.54, 1.807) is 0 Å². The summed E-state index contributed by atoms with van der Waals surface area (Å²) in [6.45, 7) is 7.69. The Morgan fingerprint density at radius 3 is 2.62 bits per heavy atom. The summed E-state index contributed by atoms with van der Waals surface area (Å²) in [7, 11) is 2.27. The van der Waals surface area contributed by atoms with Gasteiger partial charge < -0.3 is 5.73 Å². The van der Waals surface area contributed by atoms with Gasteiger partial charge in [-0.3, -0.25) is 4.90 Å². The van der Waals surface area contributed by atoms with Crippen LogP contribution in [0, 0.1) is 5.92 Å². The van der Waals surface area contributed by atoms with E-state index in [9.17, 15) is 0 Å². The molecule has 0 aromatic rings. The Labute approximate surface area is 105 Å². The molecule has 0 saturated carbocycles. The van der Waals surface area contributed by atoms with Crippen molar-refractivity contribution < 1.29 is 0 Å². The van der Waals surface area contributed by atoms with Gasteiger partial charge in [0, 0.05) is 23.9 Å². The fourth-order valence-electron chi connectivity index (χ4n) is 2.29. The van der Waals surface area contributed by atoms with E-state index in [0.717, 1.165) is 18.5 Å². The number of thioether (sulfide) groups is 1. The molecule has 2 unspecified atom stereocenters. The van der Waals surface area contributed by atoms with Crippen molar-refractivity contribution in [3.63, 3.8) is 0 Å². The lowest BCUT2D eigenvalue weighted by Crippen LogP contribution is -2.54. The van der Waals surface area contributed by atoms with Gasteiger partial charge in [0.2, 0.25) is 0 Å². The molecule has 0 bridgehead atoms. The molecule has 1 fully saturated rings. The smallest absolute Gasteiger partial charge is 0.0303 e. The molecule has 0 aromatic heterocycles. The van der Waals surface area contributed by atoms with Crippen LogP contribution in [0.5, 0.6) is 0 Å². The fourth-order valence-corrected chi connectivity index (χ4v) is 3.56. The molecule has 1 aliphatic rings. The zero-order valence-electron chi connectivity index (χ0n) is 11.3. The van der Waals surface area contributed by atoms with Gasteiger partial charge >= 0.3 is 0 Å². The largest absolute Gasteiger partial charge is 0.329 e. The second-order valence-corrected chi connectivity index (χ2v) is 6.91. The van der Waals surface area contributed by atoms with Gasteiger partial charge in [0.1, 0.15) is 0 Å². The fraction of sp³-hybridized carbons (Fsp3) is 1.00. The molecule has 1 saturated heterocycles. The van der Waals surface area contributed by atoms with Crippen molar-refractivity contribution in [2.75, 3.05) is 25.1 Å². The van der Waals surface area contributed by atoms with Crippen molar-refractivity contribution in [2.24, 2.45) is 11.7 Å². The maximum absolute atomic E-state index is 6.01.